The molecular formula is C20H21F2N3O2. The van der Waals surface area contributed by atoms with Gasteiger partial charge in [0.15, 0.2) is 5.58 Å². The Hall–Kier alpha value is -2.67. The van der Waals surface area contributed by atoms with Gasteiger partial charge in [-0.05, 0) is 12.6 Å². The van der Waals surface area contributed by atoms with Crippen LogP contribution in [0.3, 0.4) is 0 Å². The largest absolute Gasteiger partial charge is 0.463 e. The second kappa shape index (κ2) is 7.15. The lowest BCUT2D eigenvalue weighted by Crippen LogP contribution is -2.48. The van der Waals surface area contributed by atoms with Crippen LogP contribution in [0.15, 0.2) is 41.0 Å². The van der Waals surface area contributed by atoms with E-state index in [1.807, 2.05) is 4.90 Å². The third-order valence-corrected chi connectivity index (χ3v) is 5.19. The number of nitrogens with zero attached hydrogens (tertiary/aromatic N) is 3. The van der Waals surface area contributed by atoms with Crippen molar-refractivity contribution in [3.63, 3.8) is 0 Å². The molecule has 1 fully saturated rings. The summed E-state index contributed by atoms with van der Waals surface area (Å²) in [4.78, 5) is 17.2. The first-order chi connectivity index (χ1) is 13.1. The maximum Gasteiger partial charge on any atom is 0.270 e. The minimum atomic E-state index is -0.629. The number of carbonyl (C=O) groups excluding carboxylic acids is 1. The van der Waals surface area contributed by atoms with E-state index >= 15 is 0 Å². The highest BCUT2D eigenvalue weighted by Crippen LogP contribution is 2.25. The lowest BCUT2D eigenvalue weighted by Gasteiger charge is -2.34. The predicted octanol–water partition coefficient (Wildman–Crippen LogP) is 3.34. The SMILES string of the molecule is CCN1CCN(C(=O)c2cc3occc3n2Cc2ccc(F)cc2F)CC1. The summed E-state index contributed by atoms with van der Waals surface area (Å²) in [6.45, 7) is 6.19. The molecule has 0 radical (unpaired) electrons. The van der Waals surface area contributed by atoms with Crippen LogP contribution >= 0.6 is 0 Å². The van der Waals surface area contributed by atoms with Crippen molar-refractivity contribution in [3.05, 3.63) is 59.5 Å². The van der Waals surface area contributed by atoms with Crippen molar-refractivity contribution in [3.8, 4) is 0 Å². The predicted molar refractivity (Wildman–Crippen MR) is 97.7 cm³/mol. The van der Waals surface area contributed by atoms with E-state index in [1.165, 1.54) is 18.4 Å². The van der Waals surface area contributed by atoms with Gasteiger partial charge in [0.05, 0.1) is 18.3 Å². The van der Waals surface area contributed by atoms with E-state index < -0.39 is 11.6 Å². The molecule has 3 heterocycles. The van der Waals surface area contributed by atoms with Crippen molar-refractivity contribution >= 4 is 17.0 Å². The fourth-order valence-electron chi connectivity index (χ4n) is 3.57. The molecular weight excluding hydrogens is 352 g/mol. The number of hydrogen-bond acceptors (Lipinski definition) is 3. The lowest BCUT2D eigenvalue weighted by molar-refractivity contribution is 0.0633. The maximum atomic E-state index is 14.2. The summed E-state index contributed by atoms with van der Waals surface area (Å²) in [5, 5.41) is 0. The number of fused-ring (bicyclic) bond motifs is 1. The Labute approximate surface area is 155 Å². The number of rotatable bonds is 4. The van der Waals surface area contributed by atoms with Gasteiger partial charge in [-0.2, -0.15) is 0 Å². The quantitative estimate of drug-likeness (QED) is 0.704. The molecule has 2 aromatic heterocycles. The molecule has 142 valence electrons. The van der Waals surface area contributed by atoms with Crippen molar-refractivity contribution in [1.29, 1.82) is 0 Å². The fourth-order valence-corrected chi connectivity index (χ4v) is 3.57. The molecule has 0 aliphatic carbocycles. The van der Waals surface area contributed by atoms with E-state index in [0.29, 0.717) is 35.4 Å². The van der Waals surface area contributed by atoms with Gasteiger partial charge in [0.25, 0.3) is 5.91 Å². The number of amides is 1. The van der Waals surface area contributed by atoms with E-state index in [1.54, 1.807) is 16.7 Å². The molecule has 0 saturated carbocycles. The first-order valence-electron chi connectivity index (χ1n) is 9.09. The van der Waals surface area contributed by atoms with Crippen LogP contribution in [0, 0.1) is 11.6 Å². The van der Waals surface area contributed by atoms with Gasteiger partial charge in [0, 0.05) is 49.9 Å². The molecule has 1 aliphatic heterocycles. The Morgan fingerprint density at radius 3 is 2.59 bits per heavy atom. The van der Waals surface area contributed by atoms with E-state index in [0.717, 1.165) is 25.7 Å². The van der Waals surface area contributed by atoms with Gasteiger partial charge in [-0.1, -0.05) is 13.0 Å². The molecule has 0 spiro atoms. The first-order valence-corrected chi connectivity index (χ1v) is 9.09. The number of furan rings is 1. The zero-order valence-electron chi connectivity index (χ0n) is 15.1. The normalized spacial score (nSPS) is 15.6. The average molecular weight is 373 g/mol. The van der Waals surface area contributed by atoms with Gasteiger partial charge in [0.2, 0.25) is 0 Å². The molecule has 0 N–H and O–H groups in total. The number of hydrogen-bond donors (Lipinski definition) is 0. The molecule has 7 heteroatoms. The smallest absolute Gasteiger partial charge is 0.270 e. The Balaban J connectivity index is 1.66. The zero-order chi connectivity index (χ0) is 19.0. The average Bonchev–Trinajstić information content (AvgIpc) is 3.26. The molecule has 0 unspecified atom stereocenters. The molecule has 3 aromatic rings. The Morgan fingerprint density at radius 2 is 1.89 bits per heavy atom. The number of benzene rings is 1. The summed E-state index contributed by atoms with van der Waals surface area (Å²) >= 11 is 0. The Morgan fingerprint density at radius 1 is 1.11 bits per heavy atom. The summed E-state index contributed by atoms with van der Waals surface area (Å²) in [5.74, 6) is -1.35. The van der Waals surface area contributed by atoms with Gasteiger partial charge < -0.3 is 18.8 Å². The number of aromatic nitrogens is 1. The third kappa shape index (κ3) is 3.35. The minimum absolute atomic E-state index is 0.0975. The maximum absolute atomic E-state index is 14.2. The highest BCUT2D eigenvalue weighted by Gasteiger charge is 2.26. The molecule has 27 heavy (non-hydrogen) atoms. The monoisotopic (exact) mass is 373 g/mol. The molecule has 0 atom stereocenters. The molecule has 1 aliphatic rings. The molecule has 1 saturated heterocycles. The molecule has 1 amide bonds. The van der Waals surface area contributed by atoms with Crippen molar-refractivity contribution in [1.82, 2.24) is 14.4 Å². The summed E-state index contributed by atoms with van der Waals surface area (Å²) in [6, 6.07) is 6.94. The molecule has 4 rings (SSSR count). The van der Waals surface area contributed by atoms with E-state index in [2.05, 4.69) is 11.8 Å². The van der Waals surface area contributed by atoms with Crippen LogP contribution in [-0.2, 0) is 6.54 Å². The van der Waals surface area contributed by atoms with Crippen LogP contribution in [0.1, 0.15) is 23.0 Å². The van der Waals surface area contributed by atoms with E-state index in [4.69, 9.17) is 4.42 Å². The van der Waals surface area contributed by atoms with Crippen molar-refractivity contribution in [2.75, 3.05) is 32.7 Å². The van der Waals surface area contributed by atoms with Crippen molar-refractivity contribution < 1.29 is 18.0 Å². The van der Waals surface area contributed by atoms with Gasteiger partial charge in [0.1, 0.15) is 17.3 Å². The summed E-state index contributed by atoms with van der Waals surface area (Å²) in [7, 11) is 0. The van der Waals surface area contributed by atoms with Crippen molar-refractivity contribution in [2.45, 2.75) is 13.5 Å². The van der Waals surface area contributed by atoms with Gasteiger partial charge in [-0.3, -0.25) is 4.79 Å². The topological polar surface area (TPSA) is 41.6 Å². The van der Waals surface area contributed by atoms with Crippen LogP contribution in [0.4, 0.5) is 8.78 Å². The minimum Gasteiger partial charge on any atom is -0.463 e. The summed E-state index contributed by atoms with van der Waals surface area (Å²) < 4.78 is 34.6. The highest BCUT2D eigenvalue weighted by molar-refractivity contribution is 5.97. The molecule has 1 aromatic carbocycles. The second-order valence-corrected chi connectivity index (χ2v) is 6.75. The standard InChI is InChI=1S/C20H21F2N3O2/c1-2-23-6-8-24(9-7-23)20(26)18-12-19-17(5-10-27-19)25(18)13-14-3-4-15(21)11-16(14)22/h3-5,10-12H,2,6-9,13H2,1H3. The first kappa shape index (κ1) is 17.7. The number of halogens is 2. The Kier molecular flexibility index (Phi) is 4.70. The van der Waals surface area contributed by atoms with Crippen LogP contribution in [-0.4, -0.2) is 53.0 Å². The highest BCUT2D eigenvalue weighted by atomic mass is 19.1. The summed E-state index contributed by atoms with van der Waals surface area (Å²) in [5.41, 5.74) is 2.07. The molecule has 0 bridgehead atoms. The number of piperazine rings is 1. The number of likely N-dealkylation sites (N-methyl/N-ethyl adjacent to an activating group) is 1. The fraction of sp³-hybridized carbons (Fsp3) is 0.350. The van der Waals surface area contributed by atoms with Gasteiger partial charge in [-0.25, -0.2) is 8.78 Å². The molecule has 5 nitrogen and oxygen atoms in total. The van der Waals surface area contributed by atoms with Crippen LogP contribution in [0.5, 0.6) is 0 Å². The van der Waals surface area contributed by atoms with Gasteiger partial charge in [-0.15, -0.1) is 0 Å². The van der Waals surface area contributed by atoms with Gasteiger partial charge >= 0.3 is 0 Å². The number of carbonyl (C=O) groups is 1. The lowest BCUT2D eigenvalue weighted by atomic mass is 10.2. The van der Waals surface area contributed by atoms with Crippen LogP contribution in [0.2, 0.25) is 0 Å². The van der Waals surface area contributed by atoms with Crippen molar-refractivity contribution in [2.24, 2.45) is 0 Å². The zero-order valence-corrected chi connectivity index (χ0v) is 15.1. The van der Waals surface area contributed by atoms with E-state index in [-0.39, 0.29) is 12.5 Å². The Bertz CT molecular complexity index is 971. The third-order valence-electron chi connectivity index (χ3n) is 5.19. The summed E-state index contributed by atoms with van der Waals surface area (Å²) in [6.07, 6.45) is 1.54. The van der Waals surface area contributed by atoms with Crippen LogP contribution in [0.25, 0.3) is 11.1 Å². The second-order valence-electron chi connectivity index (χ2n) is 6.75. The van der Waals surface area contributed by atoms with E-state index in [9.17, 15) is 13.6 Å². The van der Waals surface area contributed by atoms with Crippen LogP contribution < -0.4 is 0 Å².